The molecule has 0 aliphatic rings. The SMILES string of the molecule is CC/C=C\C/C=C\C/C=C\C/C=C\C/C=C\CCCCCC(=O)OC(/C=C/CCCCCCCCCCCC)C(COP(=O)([O-])OCC[N+](C)(C)C)NC(=O)CCCCCCCCCC/C=C\C/C=C\C/C=C\CCCCC. The third-order valence-electron chi connectivity index (χ3n) is 13.4. The van der Waals surface area contributed by atoms with Crippen LogP contribution in [0.25, 0.3) is 0 Å². The number of quaternary nitrogens is 1. The van der Waals surface area contributed by atoms with Crippen LogP contribution < -0.4 is 10.2 Å². The predicted molar refractivity (Wildman–Crippen MR) is 334 cm³/mol. The number of phosphoric acid groups is 1. The van der Waals surface area contributed by atoms with E-state index in [9.17, 15) is 19.0 Å². The lowest BCUT2D eigenvalue weighted by molar-refractivity contribution is -0.870. The first kappa shape index (κ1) is 74.7. The maximum absolute atomic E-state index is 13.5. The van der Waals surface area contributed by atoms with Crippen molar-refractivity contribution in [1.29, 1.82) is 0 Å². The molecule has 0 aromatic heterocycles. The van der Waals surface area contributed by atoms with E-state index in [4.69, 9.17) is 13.8 Å². The Morgan fingerprint density at radius 3 is 1.27 bits per heavy atom. The largest absolute Gasteiger partial charge is 0.756 e. The second-order valence-electron chi connectivity index (χ2n) is 22.2. The van der Waals surface area contributed by atoms with Crippen LogP contribution in [0.5, 0.6) is 0 Å². The summed E-state index contributed by atoms with van der Waals surface area (Å²) < 4.78 is 30.3. The number of phosphoric ester groups is 1. The second-order valence-corrected chi connectivity index (χ2v) is 23.6. The molecule has 448 valence electrons. The number of esters is 1. The number of amides is 1. The summed E-state index contributed by atoms with van der Waals surface area (Å²) in [6.07, 6.45) is 77.7. The van der Waals surface area contributed by atoms with Gasteiger partial charge in [-0.2, -0.15) is 0 Å². The van der Waals surface area contributed by atoms with Crippen molar-refractivity contribution in [2.75, 3.05) is 40.9 Å². The first-order valence-corrected chi connectivity index (χ1v) is 33.2. The summed E-state index contributed by atoms with van der Waals surface area (Å²) in [7, 11) is 1.15. The van der Waals surface area contributed by atoms with E-state index >= 15 is 0 Å². The Kier molecular flexibility index (Phi) is 54.5. The summed E-state index contributed by atoms with van der Waals surface area (Å²) in [6.45, 7) is 6.67. The van der Waals surface area contributed by atoms with Crippen LogP contribution in [0, 0.1) is 0 Å². The first-order valence-electron chi connectivity index (χ1n) is 31.7. The lowest BCUT2D eigenvalue weighted by Crippen LogP contribution is -2.47. The van der Waals surface area contributed by atoms with Crippen LogP contribution >= 0.6 is 7.82 Å². The van der Waals surface area contributed by atoms with E-state index in [1.165, 1.54) is 103 Å². The number of carbonyl (C=O) groups excluding carboxylic acids is 2. The van der Waals surface area contributed by atoms with Gasteiger partial charge in [0.1, 0.15) is 19.3 Å². The Morgan fingerprint density at radius 1 is 0.462 bits per heavy atom. The second kappa shape index (κ2) is 56.9. The van der Waals surface area contributed by atoms with Gasteiger partial charge in [-0.1, -0.05) is 240 Å². The number of nitrogens with one attached hydrogen (secondary N) is 1. The smallest absolute Gasteiger partial charge is 0.306 e. The van der Waals surface area contributed by atoms with Crippen molar-refractivity contribution in [3.8, 4) is 0 Å². The van der Waals surface area contributed by atoms with Gasteiger partial charge in [0, 0.05) is 12.8 Å². The summed E-state index contributed by atoms with van der Waals surface area (Å²) in [5.74, 6) is -0.592. The third-order valence-corrected chi connectivity index (χ3v) is 14.4. The molecule has 3 unspecified atom stereocenters. The number of likely N-dealkylation sites (N-methyl/N-ethyl adjacent to an activating group) is 1. The van der Waals surface area contributed by atoms with Crippen molar-refractivity contribution >= 4 is 19.7 Å². The van der Waals surface area contributed by atoms with Crippen molar-refractivity contribution in [3.63, 3.8) is 0 Å². The predicted octanol–water partition coefficient (Wildman–Crippen LogP) is 19.1. The van der Waals surface area contributed by atoms with Crippen LogP contribution in [0.4, 0.5) is 0 Å². The van der Waals surface area contributed by atoms with Gasteiger partial charge in [0.25, 0.3) is 7.82 Å². The summed E-state index contributed by atoms with van der Waals surface area (Å²) >= 11 is 0. The molecule has 10 heteroatoms. The lowest BCUT2D eigenvalue weighted by Gasteiger charge is -2.30. The zero-order valence-electron chi connectivity index (χ0n) is 51.1. The summed E-state index contributed by atoms with van der Waals surface area (Å²) in [5.41, 5.74) is 0. The molecule has 0 aliphatic carbocycles. The van der Waals surface area contributed by atoms with Crippen LogP contribution in [-0.4, -0.2) is 69.4 Å². The monoisotopic (exact) mass is 1110 g/mol. The minimum Gasteiger partial charge on any atom is -0.756 e. The average molecular weight is 1110 g/mol. The summed E-state index contributed by atoms with van der Waals surface area (Å²) in [4.78, 5) is 40.0. The fraction of sp³-hybridized carbons (Fsp3) is 0.706. The molecule has 3 atom stereocenters. The van der Waals surface area contributed by atoms with Crippen LogP contribution in [0.2, 0.25) is 0 Å². The fourth-order valence-electron chi connectivity index (χ4n) is 8.55. The molecule has 0 spiro atoms. The zero-order chi connectivity index (χ0) is 57.2. The molecular formula is C68H119N2O7P. The Balaban J connectivity index is 5.31. The maximum atomic E-state index is 13.5. The highest BCUT2D eigenvalue weighted by Gasteiger charge is 2.27. The van der Waals surface area contributed by atoms with E-state index in [0.29, 0.717) is 23.9 Å². The first-order chi connectivity index (χ1) is 37.9. The molecule has 78 heavy (non-hydrogen) atoms. The van der Waals surface area contributed by atoms with E-state index in [-0.39, 0.29) is 24.9 Å². The Morgan fingerprint density at radius 2 is 0.821 bits per heavy atom. The van der Waals surface area contributed by atoms with Gasteiger partial charge in [0.05, 0.1) is 33.8 Å². The van der Waals surface area contributed by atoms with Gasteiger partial charge in [0.15, 0.2) is 0 Å². The zero-order valence-corrected chi connectivity index (χ0v) is 52.0. The van der Waals surface area contributed by atoms with E-state index in [1.54, 1.807) is 0 Å². The Hall–Kier alpha value is -3.33. The standard InChI is InChI=1S/C68H119N2O7P/c1-7-10-13-16-19-22-25-28-30-32-34-35-37-38-40-42-45-48-51-54-57-60-67(71)69-65(64-76-78(73,74)75-63-62-70(4,5)6)66(59-56-53-50-47-44-27-24-21-18-15-12-9-3)77-68(72)61-58-55-52-49-46-43-41-39-36-33-31-29-26-23-20-17-14-11-8-2/h11,14,19-20,22-23,28-31,34-36,39,43,46,56,59,65-66H,7-10,12-13,15-18,21,24-27,32-33,37-38,40-42,44-45,47-55,57-58,60-64H2,1-6H3,(H-,69,71,73,74)/b14-11-,22-19-,23-20-,30-28-,31-29-,35-34-,39-36-,46-43-,59-56+. The average Bonchev–Trinajstić information content (AvgIpc) is 3.40. The van der Waals surface area contributed by atoms with E-state index in [0.717, 1.165) is 116 Å². The topological polar surface area (TPSA) is 114 Å². The highest BCUT2D eigenvalue weighted by molar-refractivity contribution is 7.45. The van der Waals surface area contributed by atoms with Gasteiger partial charge in [-0.3, -0.25) is 14.2 Å². The molecule has 0 aliphatic heterocycles. The molecule has 0 fully saturated rings. The number of rotatable bonds is 56. The number of nitrogens with zero attached hydrogens (tertiary/aromatic N) is 1. The quantitative estimate of drug-likeness (QED) is 0.0212. The van der Waals surface area contributed by atoms with Crippen molar-refractivity contribution in [2.24, 2.45) is 0 Å². The summed E-state index contributed by atoms with van der Waals surface area (Å²) in [6, 6.07) is -0.913. The third kappa shape index (κ3) is 57.4. The maximum Gasteiger partial charge on any atom is 0.306 e. The molecule has 1 amide bonds. The van der Waals surface area contributed by atoms with Crippen molar-refractivity contribution in [3.05, 3.63) is 109 Å². The molecule has 0 bridgehead atoms. The highest BCUT2D eigenvalue weighted by atomic mass is 31.2. The molecule has 0 aromatic carbocycles. The van der Waals surface area contributed by atoms with Crippen LogP contribution in [-0.2, 0) is 27.9 Å². The molecular weight excluding hydrogens is 988 g/mol. The van der Waals surface area contributed by atoms with Crippen LogP contribution in [0.15, 0.2) is 109 Å². The molecule has 1 N–H and O–H groups in total. The molecule has 0 saturated carbocycles. The molecule has 0 heterocycles. The van der Waals surface area contributed by atoms with Gasteiger partial charge in [-0.25, -0.2) is 0 Å². The minimum absolute atomic E-state index is 0.0349. The fourth-order valence-corrected chi connectivity index (χ4v) is 9.28. The Bertz CT molecular complexity index is 1700. The molecule has 0 aromatic rings. The number of hydrogen-bond donors (Lipinski definition) is 1. The summed E-state index contributed by atoms with van der Waals surface area (Å²) in [5, 5.41) is 3.02. The van der Waals surface area contributed by atoms with Gasteiger partial charge in [-0.15, -0.1) is 0 Å². The van der Waals surface area contributed by atoms with Crippen molar-refractivity contribution < 1.29 is 37.3 Å². The van der Waals surface area contributed by atoms with Gasteiger partial charge in [0.2, 0.25) is 5.91 Å². The van der Waals surface area contributed by atoms with Crippen molar-refractivity contribution in [2.45, 2.75) is 270 Å². The van der Waals surface area contributed by atoms with E-state index in [2.05, 4.69) is 123 Å². The minimum atomic E-state index is -4.72. The van der Waals surface area contributed by atoms with Gasteiger partial charge in [-0.05, 0) is 115 Å². The van der Waals surface area contributed by atoms with Gasteiger partial charge < -0.3 is 28.5 Å². The highest BCUT2D eigenvalue weighted by Crippen LogP contribution is 2.38. The number of hydrogen-bond acceptors (Lipinski definition) is 7. The number of ether oxygens (including phenoxy) is 1. The lowest BCUT2D eigenvalue weighted by atomic mass is 10.0. The van der Waals surface area contributed by atoms with Crippen LogP contribution in [0.3, 0.4) is 0 Å². The molecule has 0 saturated heterocycles. The molecule has 9 nitrogen and oxygen atoms in total. The molecule has 0 rings (SSSR count). The van der Waals surface area contributed by atoms with Crippen molar-refractivity contribution in [1.82, 2.24) is 5.32 Å². The van der Waals surface area contributed by atoms with E-state index in [1.807, 2.05) is 33.3 Å². The Labute approximate surface area is 481 Å². The molecule has 0 radical (unpaired) electrons. The number of unbranched alkanes of at least 4 members (excludes halogenated alkanes) is 24. The number of carbonyl (C=O) groups is 2. The number of allylic oxidation sites excluding steroid dienone is 17. The normalized spacial score (nSPS) is 14.4. The van der Waals surface area contributed by atoms with Crippen LogP contribution in [0.1, 0.15) is 258 Å². The van der Waals surface area contributed by atoms with E-state index < -0.39 is 26.6 Å². The van der Waals surface area contributed by atoms with Gasteiger partial charge >= 0.3 is 5.97 Å².